The number of aromatic nitrogens is 1. The second-order valence-electron chi connectivity index (χ2n) is 4.43. The van der Waals surface area contributed by atoms with E-state index in [1.54, 1.807) is 11.8 Å². The molecule has 0 fully saturated rings. The summed E-state index contributed by atoms with van der Waals surface area (Å²) in [5, 5.41) is 10.7. The number of hydrogen-bond donors (Lipinski definition) is 1. The molecule has 0 saturated carbocycles. The zero-order chi connectivity index (χ0) is 13.0. The van der Waals surface area contributed by atoms with Crippen LogP contribution in [0, 0.1) is 5.92 Å². The molecule has 0 radical (unpaired) electrons. The van der Waals surface area contributed by atoms with Gasteiger partial charge in [-0.2, -0.15) is 11.8 Å². The van der Waals surface area contributed by atoms with Crippen molar-refractivity contribution in [2.24, 2.45) is 5.92 Å². The molecule has 2 rings (SSSR count). The van der Waals surface area contributed by atoms with E-state index in [1.165, 1.54) is 0 Å². The van der Waals surface area contributed by atoms with Crippen molar-refractivity contribution in [2.75, 3.05) is 12.4 Å². The number of halogens is 1. The molecule has 96 valence electrons. The number of hydrogen-bond acceptors (Lipinski definition) is 3. The topological polar surface area (TPSA) is 33.1 Å². The summed E-state index contributed by atoms with van der Waals surface area (Å²) in [4.78, 5) is 4.40. The summed E-state index contributed by atoms with van der Waals surface area (Å²) in [5.41, 5.74) is 1.99. The second kappa shape index (κ2) is 6.41. The number of para-hydroxylation sites is 1. The molecule has 0 aliphatic carbocycles. The van der Waals surface area contributed by atoms with Crippen LogP contribution < -0.4 is 0 Å². The van der Waals surface area contributed by atoms with E-state index in [4.69, 9.17) is 16.7 Å². The van der Waals surface area contributed by atoms with E-state index in [1.807, 2.05) is 31.2 Å². The first-order valence-electron chi connectivity index (χ1n) is 5.93. The summed E-state index contributed by atoms with van der Waals surface area (Å²) >= 11 is 7.96. The third-order valence-electron chi connectivity index (χ3n) is 2.72. The first kappa shape index (κ1) is 13.7. The molecule has 0 aliphatic heterocycles. The molecule has 0 bridgehead atoms. The number of fused-ring (bicyclic) bond motifs is 1. The Morgan fingerprint density at radius 2 is 2.17 bits per heavy atom. The molecular weight excluding hydrogens is 266 g/mol. The second-order valence-corrected chi connectivity index (χ2v) is 5.82. The third-order valence-corrected chi connectivity index (χ3v) is 4.37. The minimum atomic E-state index is 0.233. The van der Waals surface area contributed by atoms with E-state index in [2.05, 4.69) is 11.1 Å². The molecule has 1 heterocycles. The van der Waals surface area contributed by atoms with Gasteiger partial charge < -0.3 is 5.11 Å². The van der Waals surface area contributed by atoms with E-state index in [9.17, 15) is 0 Å². The minimum Gasteiger partial charge on any atom is -0.396 e. The number of aliphatic hydroxyl groups is 1. The van der Waals surface area contributed by atoms with Crippen molar-refractivity contribution < 1.29 is 5.11 Å². The van der Waals surface area contributed by atoms with Crippen LogP contribution in [0.15, 0.2) is 30.3 Å². The highest BCUT2D eigenvalue weighted by Gasteiger charge is 2.06. The van der Waals surface area contributed by atoms with E-state index < -0.39 is 0 Å². The van der Waals surface area contributed by atoms with Crippen LogP contribution in [-0.2, 0) is 5.75 Å². The molecule has 2 nitrogen and oxygen atoms in total. The van der Waals surface area contributed by atoms with Crippen LogP contribution in [0.5, 0.6) is 0 Å². The van der Waals surface area contributed by atoms with Crippen LogP contribution in [-0.4, -0.2) is 22.5 Å². The molecule has 1 atom stereocenters. The lowest BCUT2D eigenvalue weighted by Gasteiger charge is -2.09. The summed E-state index contributed by atoms with van der Waals surface area (Å²) in [5.74, 6) is 2.09. The van der Waals surface area contributed by atoms with Crippen molar-refractivity contribution >= 4 is 34.3 Å². The Labute approximate surface area is 116 Å². The fourth-order valence-electron chi connectivity index (χ4n) is 1.66. The highest BCUT2D eigenvalue weighted by Crippen LogP contribution is 2.24. The molecule has 1 aromatic heterocycles. The predicted molar refractivity (Wildman–Crippen MR) is 79.2 cm³/mol. The number of nitrogens with zero attached hydrogens (tertiary/aromatic N) is 1. The number of thioether (sulfide) groups is 1. The van der Waals surface area contributed by atoms with Gasteiger partial charge in [0.1, 0.15) is 5.15 Å². The quantitative estimate of drug-likeness (QED) is 0.848. The maximum Gasteiger partial charge on any atom is 0.133 e. The summed E-state index contributed by atoms with van der Waals surface area (Å²) < 4.78 is 0. The molecule has 0 saturated heterocycles. The van der Waals surface area contributed by atoms with Gasteiger partial charge in [-0.1, -0.05) is 36.7 Å². The maximum atomic E-state index is 8.98. The fourth-order valence-corrected chi connectivity index (χ4v) is 3.02. The molecule has 1 unspecified atom stereocenters. The van der Waals surface area contributed by atoms with E-state index >= 15 is 0 Å². The summed E-state index contributed by atoms with van der Waals surface area (Å²) in [7, 11) is 0. The largest absolute Gasteiger partial charge is 0.396 e. The molecule has 0 spiro atoms. The van der Waals surface area contributed by atoms with E-state index in [-0.39, 0.29) is 6.61 Å². The number of pyridine rings is 1. The molecule has 4 heteroatoms. The Balaban J connectivity index is 2.10. The van der Waals surface area contributed by atoms with Gasteiger partial charge in [0.15, 0.2) is 0 Å². The Morgan fingerprint density at radius 1 is 1.39 bits per heavy atom. The monoisotopic (exact) mass is 281 g/mol. The van der Waals surface area contributed by atoms with Gasteiger partial charge in [-0.3, -0.25) is 0 Å². The lowest BCUT2D eigenvalue weighted by atomic mass is 10.2. The van der Waals surface area contributed by atoms with Gasteiger partial charge in [0, 0.05) is 23.3 Å². The molecular formula is C14H16ClNOS. The van der Waals surface area contributed by atoms with Gasteiger partial charge in [0.25, 0.3) is 0 Å². The van der Waals surface area contributed by atoms with E-state index in [0.29, 0.717) is 11.1 Å². The van der Waals surface area contributed by atoms with Gasteiger partial charge in [0.2, 0.25) is 0 Å². The predicted octanol–water partition coefficient (Wildman–Crippen LogP) is 3.75. The van der Waals surface area contributed by atoms with Crippen LogP contribution in [0.4, 0.5) is 0 Å². The van der Waals surface area contributed by atoms with Crippen molar-refractivity contribution in [3.05, 3.63) is 41.0 Å². The normalized spacial score (nSPS) is 12.8. The number of aliphatic hydroxyl groups excluding tert-OH is 1. The molecule has 1 aromatic carbocycles. The smallest absolute Gasteiger partial charge is 0.133 e. The van der Waals surface area contributed by atoms with Gasteiger partial charge in [0.05, 0.1) is 5.52 Å². The Bertz CT molecular complexity index is 532. The van der Waals surface area contributed by atoms with E-state index in [0.717, 1.165) is 28.0 Å². The van der Waals surface area contributed by atoms with Crippen molar-refractivity contribution in [2.45, 2.75) is 12.7 Å². The highest BCUT2D eigenvalue weighted by atomic mass is 35.5. The number of benzene rings is 1. The average Bonchev–Trinajstić information content (AvgIpc) is 2.39. The van der Waals surface area contributed by atoms with Crippen molar-refractivity contribution in [3.63, 3.8) is 0 Å². The first-order valence-corrected chi connectivity index (χ1v) is 7.46. The van der Waals surface area contributed by atoms with Crippen molar-refractivity contribution in [1.82, 2.24) is 4.98 Å². The molecule has 0 aliphatic rings. The zero-order valence-electron chi connectivity index (χ0n) is 10.3. The molecule has 2 aromatic rings. The lowest BCUT2D eigenvalue weighted by molar-refractivity contribution is 0.250. The van der Waals surface area contributed by atoms with Gasteiger partial charge in [-0.15, -0.1) is 0 Å². The first-order chi connectivity index (χ1) is 8.70. The average molecular weight is 282 g/mol. The SMILES string of the molecule is CC(CO)CSCc1cc2ccccc2nc1Cl. The standard InChI is InChI=1S/C14H16ClNOS/c1-10(7-17)8-18-9-12-6-11-4-2-3-5-13(11)16-14(12)15/h2-6,10,17H,7-9H2,1H3. The Hall–Kier alpha value is -0.770. The Morgan fingerprint density at radius 3 is 2.94 bits per heavy atom. The number of rotatable bonds is 5. The van der Waals surface area contributed by atoms with Gasteiger partial charge in [-0.05, 0) is 23.8 Å². The highest BCUT2D eigenvalue weighted by molar-refractivity contribution is 7.98. The summed E-state index contributed by atoms with van der Waals surface area (Å²) in [6, 6.07) is 10.1. The maximum absolute atomic E-state index is 8.98. The van der Waals surface area contributed by atoms with Crippen LogP contribution in [0.3, 0.4) is 0 Å². The van der Waals surface area contributed by atoms with Crippen LogP contribution in [0.1, 0.15) is 12.5 Å². The molecule has 1 N–H and O–H groups in total. The van der Waals surface area contributed by atoms with Crippen molar-refractivity contribution in [1.29, 1.82) is 0 Å². The molecule has 18 heavy (non-hydrogen) atoms. The van der Waals surface area contributed by atoms with Gasteiger partial charge >= 0.3 is 0 Å². The zero-order valence-corrected chi connectivity index (χ0v) is 11.8. The van der Waals surface area contributed by atoms with Crippen LogP contribution in [0.2, 0.25) is 5.15 Å². The molecule has 0 amide bonds. The van der Waals surface area contributed by atoms with Gasteiger partial charge in [-0.25, -0.2) is 4.98 Å². The van der Waals surface area contributed by atoms with Crippen LogP contribution >= 0.6 is 23.4 Å². The van der Waals surface area contributed by atoms with Crippen LogP contribution in [0.25, 0.3) is 10.9 Å². The summed E-state index contributed by atoms with van der Waals surface area (Å²) in [6.07, 6.45) is 0. The van der Waals surface area contributed by atoms with Crippen molar-refractivity contribution in [3.8, 4) is 0 Å². The fraction of sp³-hybridized carbons (Fsp3) is 0.357. The minimum absolute atomic E-state index is 0.233. The summed E-state index contributed by atoms with van der Waals surface area (Å²) in [6.45, 7) is 2.27. The third kappa shape index (κ3) is 3.37. The lowest BCUT2D eigenvalue weighted by Crippen LogP contribution is -2.03. The Kier molecular flexibility index (Phi) is 4.87.